The summed E-state index contributed by atoms with van der Waals surface area (Å²) in [5, 5.41) is 3.09. The number of fused-ring (bicyclic) bond motifs is 2. The van der Waals surface area contributed by atoms with E-state index in [4.69, 9.17) is 9.47 Å². The zero-order valence-corrected chi connectivity index (χ0v) is 25.3. The van der Waals surface area contributed by atoms with Crippen molar-refractivity contribution in [3.63, 3.8) is 0 Å². The molecule has 0 aliphatic heterocycles. The van der Waals surface area contributed by atoms with Crippen LogP contribution in [-0.2, 0) is 19.1 Å². The third-order valence-electron chi connectivity index (χ3n) is 6.48. The smallest absolute Gasteiger partial charge is 0.396 e. The molecular formula is C30H28F4N2O6S2. The van der Waals surface area contributed by atoms with Gasteiger partial charge in [0.25, 0.3) is 0 Å². The third-order valence-corrected chi connectivity index (χ3v) is 8.65. The second-order valence-corrected chi connectivity index (χ2v) is 11.7. The van der Waals surface area contributed by atoms with Crippen LogP contribution in [0.3, 0.4) is 0 Å². The second kappa shape index (κ2) is 13.7. The Kier molecular flexibility index (Phi) is 10.3. The second-order valence-electron chi connectivity index (χ2n) is 9.64. The average Bonchev–Trinajstić information content (AvgIpc) is 3.54. The molecule has 0 saturated heterocycles. The number of hydrogen-bond donors (Lipinski definition) is 2. The molecule has 8 nitrogen and oxygen atoms in total. The van der Waals surface area contributed by atoms with Crippen LogP contribution >= 0.6 is 22.7 Å². The highest BCUT2D eigenvalue weighted by Gasteiger charge is 2.67. The molecule has 2 aromatic heterocycles. The van der Waals surface area contributed by atoms with Crippen molar-refractivity contribution in [2.45, 2.75) is 51.4 Å². The highest BCUT2D eigenvalue weighted by atomic mass is 32.1. The van der Waals surface area contributed by atoms with E-state index < -0.39 is 45.6 Å². The van der Waals surface area contributed by atoms with Gasteiger partial charge < -0.3 is 20.1 Å². The van der Waals surface area contributed by atoms with Crippen molar-refractivity contribution in [1.29, 1.82) is 0 Å². The number of carbonyl (C=O) groups is 4. The summed E-state index contributed by atoms with van der Waals surface area (Å²) in [6.07, 6.45) is 2.45. The molecule has 0 radical (unpaired) electrons. The first-order valence-corrected chi connectivity index (χ1v) is 15.3. The van der Waals surface area contributed by atoms with Crippen LogP contribution in [0.15, 0.2) is 48.5 Å². The number of nitrogens with one attached hydrogen (secondary N) is 2. The molecule has 4 rings (SSSR count). The van der Waals surface area contributed by atoms with Crippen molar-refractivity contribution < 1.29 is 46.2 Å². The Morgan fingerprint density at radius 3 is 1.39 bits per heavy atom. The number of rotatable bonds is 13. The lowest BCUT2D eigenvalue weighted by molar-refractivity contribution is -0.204. The lowest BCUT2D eigenvalue weighted by Crippen LogP contribution is -2.56. The van der Waals surface area contributed by atoms with E-state index in [1.165, 1.54) is 12.1 Å². The van der Waals surface area contributed by atoms with Gasteiger partial charge in [-0.3, -0.25) is 9.59 Å². The zero-order chi connectivity index (χ0) is 32.1. The van der Waals surface area contributed by atoms with Crippen molar-refractivity contribution in [2.24, 2.45) is 0 Å². The summed E-state index contributed by atoms with van der Waals surface area (Å²) in [5.41, 5.74) is -0.537. The normalized spacial score (nSPS) is 11.9. The van der Waals surface area contributed by atoms with Crippen LogP contribution in [0, 0.1) is 0 Å². The van der Waals surface area contributed by atoms with E-state index in [1.807, 2.05) is 13.8 Å². The maximum absolute atomic E-state index is 15.1. The number of alkyl halides is 4. The van der Waals surface area contributed by atoms with Crippen LogP contribution in [-0.4, -0.2) is 48.8 Å². The average molecular weight is 653 g/mol. The van der Waals surface area contributed by atoms with Gasteiger partial charge in [-0.15, -0.1) is 22.7 Å². The number of thiophene rings is 2. The fraction of sp³-hybridized carbons (Fsp3) is 0.333. The maximum Gasteiger partial charge on any atom is 0.396 e. The maximum atomic E-state index is 15.1. The number of esters is 2. The van der Waals surface area contributed by atoms with Crippen molar-refractivity contribution in [2.75, 3.05) is 23.8 Å². The highest BCUT2D eigenvalue weighted by molar-refractivity contribution is 7.24. The zero-order valence-electron chi connectivity index (χ0n) is 23.6. The molecule has 0 unspecified atom stereocenters. The summed E-state index contributed by atoms with van der Waals surface area (Å²) in [6.45, 7) is 3.76. The predicted molar refractivity (Wildman–Crippen MR) is 161 cm³/mol. The fourth-order valence-electron chi connectivity index (χ4n) is 4.08. The van der Waals surface area contributed by atoms with Gasteiger partial charge in [0.05, 0.1) is 13.2 Å². The summed E-state index contributed by atoms with van der Waals surface area (Å²) in [6, 6.07) is 12.4. The van der Waals surface area contributed by atoms with E-state index in [9.17, 15) is 19.2 Å². The fourth-order valence-corrected chi connectivity index (χ4v) is 6.25. The summed E-state index contributed by atoms with van der Waals surface area (Å²) < 4.78 is 71.6. The highest BCUT2D eigenvalue weighted by Crippen LogP contribution is 2.42. The third kappa shape index (κ3) is 6.55. The largest absolute Gasteiger partial charge is 0.462 e. The first-order chi connectivity index (χ1) is 20.9. The standard InChI is InChI=1S/C30H28F4N2O6S2/c1-3-5-15-41-25(37)21-17-11-7-9-13-19(17)43-23(21)35-27(39)29(31,32)30(33,34)28(40)36-24-22(26(38)42-16-6-4-2)18-12-8-10-14-20(18)44-24/h7-14H,3-6,15-16H2,1-2H3,(H,35,39)(H,36,40). The Morgan fingerprint density at radius 2 is 1.02 bits per heavy atom. The molecular weight excluding hydrogens is 624 g/mol. The molecule has 0 saturated carbocycles. The molecule has 4 aromatic rings. The lowest BCUT2D eigenvalue weighted by atomic mass is 10.1. The van der Waals surface area contributed by atoms with Gasteiger partial charge in [-0.1, -0.05) is 63.1 Å². The van der Waals surface area contributed by atoms with Crippen LogP contribution in [0.2, 0.25) is 0 Å². The molecule has 0 atom stereocenters. The number of ether oxygens (including phenoxy) is 2. The summed E-state index contributed by atoms with van der Waals surface area (Å²) in [7, 11) is 0. The SMILES string of the molecule is CCCCOC(=O)c1c(NC(=O)C(F)(F)C(F)(F)C(=O)Nc2sc3ccccc3c2C(=O)OCCCC)sc2ccccc12. The summed E-state index contributed by atoms with van der Waals surface area (Å²) in [4.78, 5) is 50.9. The number of hydrogen-bond acceptors (Lipinski definition) is 8. The van der Waals surface area contributed by atoms with Gasteiger partial charge in [-0.25, -0.2) is 9.59 Å². The van der Waals surface area contributed by atoms with Crippen LogP contribution < -0.4 is 10.6 Å². The van der Waals surface area contributed by atoms with Gasteiger partial charge in [-0.2, -0.15) is 17.6 Å². The van der Waals surface area contributed by atoms with Crippen molar-refractivity contribution in [1.82, 2.24) is 0 Å². The quantitative estimate of drug-likeness (QED) is 0.0864. The minimum Gasteiger partial charge on any atom is -0.462 e. The van der Waals surface area contributed by atoms with E-state index in [2.05, 4.69) is 0 Å². The molecule has 0 aliphatic rings. The molecule has 0 aliphatic carbocycles. The Morgan fingerprint density at radius 1 is 0.659 bits per heavy atom. The van der Waals surface area contributed by atoms with Crippen molar-refractivity contribution in [3.8, 4) is 0 Å². The molecule has 234 valence electrons. The summed E-state index contributed by atoms with van der Waals surface area (Å²) >= 11 is 1.42. The van der Waals surface area contributed by atoms with E-state index >= 15 is 17.6 Å². The van der Waals surface area contributed by atoms with Gasteiger partial charge >= 0.3 is 35.6 Å². The van der Waals surface area contributed by atoms with Gasteiger partial charge in [0.2, 0.25) is 0 Å². The molecule has 44 heavy (non-hydrogen) atoms. The van der Waals surface area contributed by atoms with E-state index in [-0.39, 0.29) is 35.1 Å². The van der Waals surface area contributed by atoms with E-state index in [0.717, 1.165) is 0 Å². The number of unbranched alkanes of at least 4 members (excludes halogenated alkanes) is 2. The van der Waals surface area contributed by atoms with Crippen LogP contribution in [0.5, 0.6) is 0 Å². The number of carbonyl (C=O) groups excluding carboxylic acids is 4. The van der Waals surface area contributed by atoms with Crippen LogP contribution in [0.25, 0.3) is 20.2 Å². The Bertz CT molecular complexity index is 1580. The molecule has 0 fully saturated rings. The van der Waals surface area contributed by atoms with E-state index in [1.54, 1.807) is 47.0 Å². The van der Waals surface area contributed by atoms with Crippen molar-refractivity contribution >= 4 is 76.6 Å². The first kappa shape index (κ1) is 32.9. The Balaban J connectivity index is 1.60. The van der Waals surface area contributed by atoms with Crippen molar-refractivity contribution in [3.05, 3.63) is 59.7 Å². The topological polar surface area (TPSA) is 111 Å². The van der Waals surface area contributed by atoms with Crippen LogP contribution in [0.4, 0.5) is 27.6 Å². The first-order valence-electron chi connectivity index (χ1n) is 13.7. The van der Waals surface area contributed by atoms with Gasteiger partial charge in [-0.05, 0) is 25.0 Å². The van der Waals surface area contributed by atoms with Gasteiger partial charge in [0, 0.05) is 20.2 Å². The molecule has 2 heterocycles. The molecule has 2 amide bonds. The number of halogens is 4. The Labute approximate surface area is 257 Å². The predicted octanol–water partition coefficient (Wildman–Crippen LogP) is 7.88. The molecule has 2 aromatic carbocycles. The number of anilines is 2. The van der Waals surface area contributed by atoms with E-state index in [0.29, 0.717) is 57.8 Å². The monoisotopic (exact) mass is 652 g/mol. The summed E-state index contributed by atoms with van der Waals surface area (Å²) in [5.74, 6) is -18.0. The minimum atomic E-state index is -5.57. The Hall–Kier alpha value is -4.04. The molecule has 2 N–H and O–H groups in total. The lowest BCUT2D eigenvalue weighted by Gasteiger charge is -2.24. The molecule has 0 spiro atoms. The number of benzene rings is 2. The number of amides is 2. The van der Waals surface area contributed by atoms with Gasteiger partial charge in [0.1, 0.15) is 21.1 Å². The minimum absolute atomic E-state index is 0.0210. The van der Waals surface area contributed by atoms with Gasteiger partial charge in [0.15, 0.2) is 0 Å². The molecule has 0 bridgehead atoms. The molecule has 14 heteroatoms. The van der Waals surface area contributed by atoms with Crippen LogP contribution in [0.1, 0.15) is 60.2 Å².